The van der Waals surface area contributed by atoms with Gasteiger partial charge >= 0.3 is 5.97 Å². The number of benzene rings is 2. The normalized spacial score (nSPS) is 20.4. The summed E-state index contributed by atoms with van der Waals surface area (Å²) in [4.78, 5) is 59.9. The van der Waals surface area contributed by atoms with Gasteiger partial charge in [-0.1, -0.05) is 79.9 Å². The number of hydrogen-bond donors (Lipinski definition) is 2. The Balaban J connectivity index is 1.39. The molecule has 2 heterocycles. The highest BCUT2D eigenvalue weighted by Crippen LogP contribution is 2.43. The van der Waals surface area contributed by atoms with Crippen LogP contribution in [0, 0.1) is 5.41 Å². The standard InChI is InChI=1S/C39H48N4O7S/c1-28(44)43-34(25-29-12-5-4-6-13-29)35(45)42-39(43,26-31-14-11-22-40-27-31)32-17-15-30(16-18-32)24-33(36(46)50-2)41-37(47)38(19-7-8-20-38)21-9-10-23-51(3,48)49/h4-6,11-18,22,27,33-34H,7-10,19-21,23-26H2,1-3H3,(H,41,47)(H,42,45)/t33-,34?,39?/m0/s1. The van der Waals surface area contributed by atoms with E-state index in [0.29, 0.717) is 44.1 Å². The van der Waals surface area contributed by atoms with E-state index in [2.05, 4.69) is 15.6 Å². The van der Waals surface area contributed by atoms with Crippen LogP contribution < -0.4 is 10.6 Å². The topological polar surface area (TPSA) is 152 Å². The van der Waals surface area contributed by atoms with Gasteiger partial charge in [0.2, 0.25) is 17.7 Å². The summed E-state index contributed by atoms with van der Waals surface area (Å²) in [5.74, 6) is -1.21. The molecular weight excluding hydrogens is 669 g/mol. The van der Waals surface area contributed by atoms with Crippen molar-refractivity contribution in [1.82, 2.24) is 20.5 Å². The van der Waals surface area contributed by atoms with Gasteiger partial charge in [0.05, 0.1) is 7.11 Å². The minimum absolute atomic E-state index is 0.0799. The number of amides is 3. The molecule has 3 atom stereocenters. The maximum Gasteiger partial charge on any atom is 0.328 e. The molecule has 272 valence electrons. The maximum atomic E-state index is 13.8. The SMILES string of the molecule is COC(=O)[C@H](Cc1ccc(C2(Cc3cccnc3)NC(=O)C(Cc3ccccc3)N2C(C)=O)cc1)NC(=O)C1(CCCCS(C)(=O)=O)CCCC1. The van der Waals surface area contributed by atoms with E-state index in [4.69, 9.17) is 4.74 Å². The number of carbonyl (C=O) groups is 4. The molecule has 1 aliphatic heterocycles. The van der Waals surface area contributed by atoms with Crippen molar-refractivity contribution in [3.63, 3.8) is 0 Å². The van der Waals surface area contributed by atoms with E-state index in [9.17, 15) is 27.6 Å². The molecule has 11 nitrogen and oxygen atoms in total. The summed E-state index contributed by atoms with van der Waals surface area (Å²) in [6.07, 6.45) is 10.2. The van der Waals surface area contributed by atoms with Crippen molar-refractivity contribution in [2.24, 2.45) is 5.41 Å². The number of nitrogens with one attached hydrogen (secondary N) is 2. The van der Waals surface area contributed by atoms with Gasteiger partial charge in [0, 0.05) is 56.0 Å². The first-order valence-corrected chi connectivity index (χ1v) is 19.6. The summed E-state index contributed by atoms with van der Waals surface area (Å²) in [5, 5.41) is 6.16. The lowest BCUT2D eigenvalue weighted by Crippen LogP contribution is -2.54. The minimum atomic E-state index is -3.09. The van der Waals surface area contributed by atoms with Crippen molar-refractivity contribution in [2.75, 3.05) is 19.1 Å². The Morgan fingerprint density at radius 2 is 1.67 bits per heavy atom. The molecule has 2 unspecified atom stereocenters. The van der Waals surface area contributed by atoms with Crippen LogP contribution in [0.1, 0.15) is 74.1 Å². The van der Waals surface area contributed by atoms with Crippen molar-refractivity contribution >= 4 is 33.5 Å². The molecular formula is C39H48N4O7S. The summed E-state index contributed by atoms with van der Waals surface area (Å²) in [6, 6.07) is 19.0. The Kier molecular flexibility index (Phi) is 12.0. The first kappa shape index (κ1) is 37.7. The average Bonchev–Trinajstić information content (AvgIpc) is 3.70. The predicted octanol–water partition coefficient (Wildman–Crippen LogP) is 4.04. The first-order chi connectivity index (χ1) is 24.4. The molecule has 12 heteroatoms. The van der Waals surface area contributed by atoms with Crippen molar-refractivity contribution in [2.45, 2.75) is 88.9 Å². The zero-order valence-corrected chi connectivity index (χ0v) is 30.4. The molecule has 0 radical (unpaired) electrons. The third-order valence-corrected chi connectivity index (χ3v) is 11.3. The van der Waals surface area contributed by atoms with Crippen molar-refractivity contribution in [3.8, 4) is 0 Å². The van der Waals surface area contributed by atoms with Crippen LogP contribution in [0.3, 0.4) is 0 Å². The molecule has 1 aliphatic carbocycles. The Morgan fingerprint density at radius 1 is 0.980 bits per heavy atom. The summed E-state index contributed by atoms with van der Waals surface area (Å²) in [5.41, 5.74) is 1.34. The van der Waals surface area contributed by atoms with Crippen molar-refractivity contribution in [1.29, 1.82) is 0 Å². The van der Waals surface area contributed by atoms with Crippen LogP contribution in [-0.2, 0) is 58.7 Å². The van der Waals surface area contributed by atoms with E-state index in [0.717, 1.165) is 29.5 Å². The number of unbranched alkanes of at least 4 members (excludes halogenated alkanes) is 1. The number of pyridine rings is 1. The molecule has 0 spiro atoms. The number of ether oxygens (including phenoxy) is 1. The van der Waals surface area contributed by atoms with Crippen LogP contribution in [0.25, 0.3) is 0 Å². The number of rotatable bonds is 15. The zero-order valence-electron chi connectivity index (χ0n) is 29.6. The molecule has 1 aromatic heterocycles. The predicted molar refractivity (Wildman–Crippen MR) is 193 cm³/mol. The van der Waals surface area contributed by atoms with Gasteiger partial charge in [0.15, 0.2) is 0 Å². The largest absolute Gasteiger partial charge is 0.467 e. The van der Waals surface area contributed by atoms with Gasteiger partial charge in [0.1, 0.15) is 27.6 Å². The number of hydrogen-bond acceptors (Lipinski definition) is 8. The van der Waals surface area contributed by atoms with Gasteiger partial charge in [-0.25, -0.2) is 13.2 Å². The number of sulfone groups is 1. The summed E-state index contributed by atoms with van der Waals surface area (Å²) < 4.78 is 28.4. The molecule has 2 fully saturated rings. The molecule has 51 heavy (non-hydrogen) atoms. The van der Waals surface area contributed by atoms with Gasteiger partial charge in [-0.15, -0.1) is 0 Å². The van der Waals surface area contributed by atoms with Gasteiger partial charge in [-0.3, -0.25) is 19.4 Å². The lowest BCUT2D eigenvalue weighted by atomic mass is 9.80. The molecule has 1 saturated heterocycles. The summed E-state index contributed by atoms with van der Waals surface area (Å²) >= 11 is 0. The van der Waals surface area contributed by atoms with E-state index in [-0.39, 0.29) is 36.3 Å². The van der Waals surface area contributed by atoms with Crippen molar-refractivity contribution < 1.29 is 32.3 Å². The van der Waals surface area contributed by atoms with Gasteiger partial charge in [0.25, 0.3) is 0 Å². The third-order valence-electron chi connectivity index (χ3n) is 10.3. The number of carbonyl (C=O) groups excluding carboxylic acids is 4. The minimum Gasteiger partial charge on any atom is -0.467 e. The number of nitrogens with zero attached hydrogens (tertiary/aromatic N) is 2. The number of methoxy groups -OCH3 is 1. The molecule has 2 aromatic carbocycles. The second-order valence-corrected chi connectivity index (χ2v) is 16.3. The third kappa shape index (κ3) is 9.02. The van der Waals surface area contributed by atoms with E-state index in [1.165, 1.54) is 20.3 Å². The monoisotopic (exact) mass is 716 g/mol. The van der Waals surface area contributed by atoms with Crippen LogP contribution in [0.15, 0.2) is 79.1 Å². The van der Waals surface area contributed by atoms with Gasteiger partial charge in [-0.05, 0) is 54.0 Å². The van der Waals surface area contributed by atoms with Gasteiger partial charge < -0.3 is 20.3 Å². The van der Waals surface area contributed by atoms with Crippen LogP contribution in [-0.4, -0.2) is 73.2 Å². The molecule has 2 N–H and O–H groups in total. The van der Waals surface area contributed by atoms with E-state index < -0.39 is 39.0 Å². The van der Waals surface area contributed by atoms with E-state index in [1.54, 1.807) is 17.3 Å². The Bertz CT molecular complexity index is 1800. The molecule has 5 rings (SSSR count). The van der Waals surface area contributed by atoms with Crippen LogP contribution in [0.5, 0.6) is 0 Å². The Morgan fingerprint density at radius 3 is 2.27 bits per heavy atom. The second-order valence-electron chi connectivity index (χ2n) is 14.0. The number of aromatic nitrogens is 1. The maximum absolute atomic E-state index is 13.8. The fraction of sp³-hybridized carbons (Fsp3) is 0.462. The molecule has 1 saturated carbocycles. The first-order valence-electron chi connectivity index (χ1n) is 17.6. The van der Waals surface area contributed by atoms with Crippen LogP contribution >= 0.6 is 0 Å². The van der Waals surface area contributed by atoms with Crippen LogP contribution in [0.4, 0.5) is 0 Å². The molecule has 0 bridgehead atoms. The highest BCUT2D eigenvalue weighted by Gasteiger charge is 2.53. The van der Waals surface area contributed by atoms with Crippen LogP contribution in [0.2, 0.25) is 0 Å². The molecule has 3 amide bonds. The summed E-state index contributed by atoms with van der Waals surface area (Å²) in [6.45, 7) is 1.47. The fourth-order valence-electron chi connectivity index (χ4n) is 7.75. The highest BCUT2D eigenvalue weighted by atomic mass is 32.2. The quantitative estimate of drug-likeness (QED) is 0.177. The van der Waals surface area contributed by atoms with Gasteiger partial charge in [-0.2, -0.15) is 0 Å². The second kappa shape index (κ2) is 16.2. The Hall–Kier alpha value is -4.58. The molecule has 3 aromatic rings. The number of esters is 1. The lowest BCUT2D eigenvalue weighted by Gasteiger charge is -2.40. The zero-order chi connectivity index (χ0) is 36.6. The smallest absolute Gasteiger partial charge is 0.328 e. The Labute approximate surface area is 300 Å². The van der Waals surface area contributed by atoms with Crippen molar-refractivity contribution in [3.05, 3.63) is 101 Å². The molecule has 2 aliphatic rings. The van der Waals surface area contributed by atoms with E-state index >= 15 is 0 Å². The average molecular weight is 717 g/mol. The summed E-state index contributed by atoms with van der Waals surface area (Å²) in [7, 11) is -1.80. The van der Waals surface area contributed by atoms with E-state index in [1.807, 2.05) is 66.7 Å². The highest BCUT2D eigenvalue weighted by molar-refractivity contribution is 7.90. The fourth-order valence-corrected chi connectivity index (χ4v) is 8.48. The lowest BCUT2D eigenvalue weighted by molar-refractivity contribution is -0.146.